The molecular weight excluding hydrogens is 296 g/mol. The van der Waals surface area contributed by atoms with E-state index >= 15 is 0 Å². The fourth-order valence-electron chi connectivity index (χ4n) is 2.68. The lowest BCUT2D eigenvalue weighted by Gasteiger charge is -2.17. The van der Waals surface area contributed by atoms with Gasteiger partial charge >= 0.3 is 0 Å². The highest BCUT2D eigenvalue weighted by atomic mass is 16.5. The number of amides is 1. The molecule has 1 aromatic carbocycles. The summed E-state index contributed by atoms with van der Waals surface area (Å²) in [5, 5.41) is 2.79. The number of ether oxygens (including phenoxy) is 3. The fourth-order valence-corrected chi connectivity index (χ4v) is 2.68. The molecule has 0 spiro atoms. The quantitative estimate of drug-likeness (QED) is 0.760. The van der Waals surface area contributed by atoms with Crippen molar-refractivity contribution in [1.82, 2.24) is 5.32 Å². The highest BCUT2D eigenvalue weighted by Crippen LogP contribution is 2.32. The molecule has 3 N–H and O–H groups in total. The molecule has 1 fully saturated rings. The summed E-state index contributed by atoms with van der Waals surface area (Å²) in [6, 6.07) is 5.04. The van der Waals surface area contributed by atoms with Crippen LogP contribution in [0, 0.1) is 0 Å². The third kappa shape index (κ3) is 5.11. The van der Waals surface area contributed by atoms with Crippen LogP contribution in [0.4, 0.5) is 0 Å². The molecule has 1 atom stereocenters. The lowest BCUT2D eigenvalue weighted by Crippen LogP contribution is -2.43. The van der Waals surface area contributed by atoms with Gasteiger partial charge in [0.1, 0.15) is 6.04 Å². The van der Waals surface area contributed by atoms with Crippen LogP contribution in [-0.4, -0.2) is 38.9 Å². The Morgan fingerprint density at radius 2 is 2.04 bits per heavy atom. The van der Waals surface area contributed by atoms with Gasteiger partial charge in [-0.2, -0.15) is 0 Å². The minimum absolute atomic E-state index is 0.198. The van der Waals surface area contributed by atoms with Gasteiger partial charge in [-0.3, -0.25) is 4.79 Å². The monoisotopic (exact) mass is 322 g/mol. The van der Waals surface area contributed by atoms with E-state index in [4.69, 9.17) is 19.9 Å². The maximum atomic E-state index is 11.8. The molecule has 2 rings (SSSR count). The number of hydrogen-bond donors (Lipinski definition) is 2. The average molecular weight is 322 g/mol. The first-order valence-electron chi connectivity index (χ1n) is 8.00. The lowest BCUT2D eigenvalue weighted by atomic mass is 10.2. The molecule has 1 aromatic rings. The molecule has 0 bridgehead atoms. The molecule has 0 aromatic heterocycles. The fraction of sp³-hybridized carbons (Fsp3) is 0.588. The highest BCUT2D eigenvalue weighted by molar-refractivity contribution is 5.81. The molecule has 23 heavy (non-hydrogen) atoms. The molecule has 128 valence electrons. The molecule has 6 nitrogen and oxygen atoms in total. The van der Waals surface area contributed by atoms with Gasteiger partial charge in [-0.1, -0.05) is 6.07 Å². The van der Waals surface area contributed by atoms with Crippen LogP contribution in [0.25, 0.3) is 0 Å². The molecule has 0 radical (unpaired) electrons. The van der Waals surface area contributed by atoms with Crippen molar-refractivity contribution >= 4 is 5.91 Å². The van der Waals surface area contributed by atoms with Crippen LogP contribution in [0.3, 0.4) is 0 Å². The second kappa shape index (κ2) is 8.74. The summed E-state index contributed by atoms with van der Waals surface area (Å²) in [5.41, 5.74) is 6.61. The van der Waals surface area contributed by atoms with Gasteiger partial charge in [-0.15, -0.1) is 0 Å². The summed E-state index contributed by atoms with van der Waals surface area (Å²) in [5.74, 6) is 1.20. The lowest BCUT2D eigenvalue weighted by molar-refractivity contribution is -0.123. The Morgan fingerprint density at radius 3 is 2.70 bits per heavy atom. The van der Waals surface area contributed by atoms with Crippen molar-refractivity contribution < 1.29 is 19.0 Å². The van der Waals surface area contributed by atoms with Crippen molar-refractivity contribution in [2.75, 3.05) is 20.8 Å². The minimum atomic E-state index is -0.660. The van der Waals surface area contributed by atoms with Gasteiger partial charge in [0.25, 0.3) is 0 Å². The van der Waals surface area contributed by atoms with Crippen molar-refractivity contribution in [3.8, 4) is 11.5 Å². The van der Waals surface area contributed by atoms with E-state index in [0.717, 1.165) is 24.2 Å². The zero-order valence-corrected chi connectivity index (χ0v) is 13.8. The third-order valence-electron chi connectivity index (χ3n) is 3.97. The second-order valence-electron chi connectivity index (χ2n) is 5.79. The number of methoxy groups -OCH3 is 2. The summed E-state index contributed by atoms with van der Waals surface area (Å²) in [6.45, 7) is 0.583. The van der Waals surface area contributed by atoms with Crippen LogP contribution in [0.2, 0.25) is 0 Å². The molecule has 1 aliphatic rings. The van der Waals surface area contributed by atoms with E-state index in [1.807, 2.05) is 18.2 Å². The number of rotatable bonds is 8. The van der Waals surface area contributed by atoms with Crippen molar-refractivity contribution in [2.45, 2.75) is 44.4 Å². The molecule has 1 unspecified atom stereocenters. The Labute approximate surface area is 137 Å². The SMILES string of the molecule is COCC(N)C(=O)NCc1ccc(OC2CCCC2)c(OC)c1. The van der Waals surface area contributed by atoms with Gasteiger partial charge in [-0.05, 0) is 43.4 Å². The number of nitrogens with two attached hydrogens (primary N) is 1. The topological polar surface area (TPSA) is 82.8 Å². The number of carbonyl (C=O) groups is 1. The normalized spacial score (nSPS) is 16.1. The van der Waals surface area contributed by atoms with Gasteiger partial charge < -0.3 is 25.3 Å². The van der Waals surface area contributed by atoms with E-state index in [1.165, 1.54) is 20.0 Å². The largest absolute Gasteiger partial charge is 0.493 e. The van der Waals surface area contributed by atoms with Gasteiger partial charge in [-0.25, -0.2) is 0 Å². The van der Waals surface area contributed by atoms with E-state index in [0.29, 0.717) is 12.3 Å². The Bertz CT molecular complexity index is 515. The number of nitrogens with one attached hydrogen (secondary N) is 1. The Morgan fingerprint density at radius 1 is 1.30 bits per heavy atom. The summed E-state index contributed by atoms with van der Waals surface area (Å²) in [4.78, 5) is 11.8. The van der Waals surface area contributed by atoms with Crippen molar-refractivity contribution in [2.24, 2.45) is 5.73 Å². The highest BCUT2D eigenvalue weighted by Gasteiger charge is 2.18. The van der Waals surface area contributed by atoms with E-state index in [1.54, 1.807) is 7.11 Å². The van der Waals surface area contributed by atoms with Crippen molar-refractivity contribution in [1.29, 1.82) is 0 Å². The predicted molar refractivity (Wildman–Crippen MR) is 87.6 cm³/mol. The van der Waals surface area contributed by atoms with Crippen LogP contribution in [0.5, 0.6) is 11.5 Å². The first-order chi connectivity index (χ1) is 11.1. The zero-order valence-electron chi connectivity index (χ0n) is 13.8. The van der Waals surface area contributed by atoms with Crippen molar-refractivity contribution in [3.05, 3.63) is 23.8 Å². The molecule has 0 heterocycles. The van der Waals surface area contributed by atoms with Crippen LogP contribution in [-0.2, 0) is 16.1 Å². The number of hydrogen-bond acceptors (Lipinski definition) is 5. The number of carbonyl (C=O) groups excluding carboxylic acids is 1. The smallest absolute Gasteiger partial charge is 0.239 e. The first kappa shape index (κ1) is 17.6. The molecule has 1 saturated carbocycles. The van der Waals surface area contributed by atoms with Gasteiger partial charge in [0.2, 0.25) is 5.91 Å². The Hall–Kier alpha value is -1.79. The van der Waals surface area contributed by atoms with Crippen LogP contribution in [0.15, 0.2) is 18.2 Å². The molecule has 6 heteroatoms. The van der Waals surface area contributed by atoms with E-state index in [-0.39, 0.29) is 18.6 Å². The Kier molecular flexibility index (Phi) is 6.67. The molecule has 0 aliphatic heterocycles. The van der Waals surface area contributed by atoms with Crippen LogP contribution >= 0.6 is 0 Å². The van der Waals surface area contributed by atoms with Gasteiger partial charge in [0, 0.05) is 13.7 Å². The van der Waals surface area contributed by atoms with E-state index in [2.05, 4.69) is 5.32 Å². The summed E-state index contributed by atoms with van der Waals surface area (Å²) in [7, 11) is 3.13. The zero-order chi connectivity index (χ0) is 16.7. The third-order valence-corrected chi connectivity index (χ3v) is 3.97. The summed E-state index contributed by atoms with van der Waals surface area (Å²) >= 11 is 0. The van der Waals surface area contributed by atoms with Crippen molar-refractivity contribution in [3.63, 3.8) is 0 Å². The maximum Gasteiger partial charge on any atom is 0.239 e. The number of benzene rings is 1. The van der Waals surface area contributed by atoms with Gasteiger partial charge in [0.05, 0.1) is 19.8 Å². The van der Waals surface area contributed by atoms with E-state index < -0.39 is 6.04 Å². The average Bonchev–Trinajstić information content (AvgIpc) is 3.06. The molecule has 1 aliphatic carbocycles. The standard InChI is InChI=1S/C17H26N2O4/c1-21-11-14(18)17(20)19-10-12-7-8-15(16(9-12)22-2)23-13-5-3-4-6-13/h7-9,13-14H,3-6,10-11,18H2,1-2H3,(H,19,20). The Balaban J connectivity index is 1.93. The molecular formula is C17H26N2O4. The van der Waals surface area contributed by atoms with Crippen LogP contribution in [0.1, 0.15) is 31.2 Å². The predicted octanol–water partition coefficient (Wildman–Crippen LogP) is 1.61. The minimum Gasteiger partial charge on any atom is -0.493 e. The molecule has 1 amide bonds. The summed E-state index contributed by atoms with van der Waals surface area (Å²) < 4.78 is 16.3. The molecule has 0 saturated heterocycles. The van der Waals surface area contributed by atoms with Gasteiger partial charge in [0.15, 0.2) is 11.5 Å². The summed E-state index contributed by atoms with van der Waals surface area (Å²) in [6.07, 6.45) is 4.91. The maximum absolute atomic E-state index is 11.8. The first-order valence-corrected chi connectivity index (χ1v) is 8.00. The van der Waals surface area contributed by atoms with E-state index in [9.17, 15) is 4.79 Å². The second-order valence-corrected chi connectivity index (χ2v) is 5.79. The van der Waals surface area contributed by atoms with Crippen LogP contribution < -0.4 is 20.5 Å².